The van der Waals surface area contributed by atoms with Gasteiger partial charge < -0.3 is 24.1 Å². The minimum absolute atomic E-state index is 0.0403. The van der Waals surface area contributed by atoms with E-state index in [4.69, 9.17) is 23.1 Å². The lowest BCUT2D eigenvalue weighted by molar-refractivity contribution is -0.183. The number of carbonyl (C=O) groups excluding carboxylic acids is 4. The highest BCUT2D eigenvalue weighted by Crippen LogP contribution is 2.50. The summed E-state index contributed by atoms with van der Waals surface area (Å²) in [4.78, 5) is 51.2. The quantitative estimate of drug-likeness (QED) is 0.166. The molecule has 3 atom stereocenters. The largest absolute Gasteiger partial charge is 0.426 e. The Bertz CT molecular complexity index is 1880. The number of hydrogen-bond acceptors (Lipinski definition) is 14. The van der Waals surface area contributed by atoms with Crippen LogP contribution in [0.1, 0.15) is 87.6 Å². The Balaban J connectivity index is 1.43. The van der Waals surface area contributed by atoms with Crippen LogP contribution in [0.15, 0.2) is 66.7 Å². The average Bonchev–Trinajstić information content (AvgIpc) is 3.34. The molecule has 14 nitrogen and oxygen atoms in total. The molecule has 2 N–H and O–H groups in total. The van der Waals surface area contributed by atoms with E-state index in [0.29, 0.717) is 18.4 Å². The monoisotopic (exact) mass is 739 g/mol. The van der Waals surface area contributed by atoms with E-state index in [2.05, 4.69) is 9.50 Å². The molecule has 278 valence electrons. The molecule has 52 heavy (non-hydrogen) atoms. The molecular formula is C37H41NO13S. The second-order valence-corrected chi connectivity index (χ2v) is 16.1. The van der Waals surface area contributed by atoms with Crippen molar-refractivity contribution in [2.45, 2.75) is 72.8 Å². The number of nitrogens with one attached hydrogen (secondary N) is 1. The standard InChI is InChI=1S/C37H41NO13S/c1-22-16-17-36(22,38-37(43)21-46-52(44,45)51-37)25-18-28(47-30(39)23-8-12-26(13-9-23)49-32(41)34(2,3)4)20-29(19-25)48-31(40)24-10-14-27(15-11-24)50-33(42)35(5,6)7/h8-15,18-20,22,38,43H,16-17,21H2,1-7H3. The summed E-state index contributed by atoms with van der Waals surface area (Å²) in [7, 11) is -4.46. The van der Waals surface area contributed by atoms with Crippen molar-refractivity contribution in [1.29, 1.82) is 0 Å². The highest BCUT2D eigenvalue weighted by Gasteiger charge is 2.55. The summed E-state index contributed by atoms with van der Waals surface area (Å²) >= 11 is 0. The van der Waals surface area contributed by atoms with Crippen molar-refractivity contribution in [2.24, 2.45) is 16.7 Å². The number of aliphatic hydroxyl groups is 1. The maximum absolute atomic E-state index is 13.3. The first-order valence-electron chi connectivity index (χ1n) is 16.4. The van der Waals surface area contributed by atoms with E-state index in [1.807, 2.05) is 6.92 Å². The lowest BCUT2D eigenvalue weighted by Crippen LogP contribution is -2.64. The zero-order chi connectivity index (χ0) is 38.3. The topological polar surface area (TPSA) is 190 Å². The van der Waals surface area contributed by atoms with Crippen molar-refractivity contribution in [3.8, 4) is 23.0 Å². The van der Waals surface area contributed by atoms with Gasteiger partial charge in [0.1, 0.15) is 29.6 Å². The van der Waals surface area contributed by atoms with Crippen LogP contribution >= 0.6 is 0 Å². The predicted octanol–water partition coefficient (Wildman–Crippen LogP) is 5.18. The molecule has 0 aromatic heterocycles. The van der Waals surface area contributed by atoms with E-state index in [1.165, 1.54) is 66.7 Å². The molecule has 0 bridgehead atoms. The number of carbonyl (C=O) groups is 4. The first kappa shape index (κ1) is 38.6. The molecule has 1 aliphatic carbocycles. The van der Waals surface area contributed by atoms with Crippen LogP contribution in [0.3, 0.4) is 0 Å². The Morgan fingerprint density at radius 2 is 1.17 bits per heavy atom. The summed E-state index contributed by atoms with van der Waals surface area (Å²) in [6.45, 7) is 11.4. The van der Waals surface area contributed by atoms with E-state index in [0.717, 1.165) is 0 Å². The van der Waals surface area contributed by atoms with Crippen molar-refractivity contribution >= 4 is 34.3 Å². The number of hydrogen-bond donors (Lipinski definition) is 2. The smallest absolute Gasteiger partial charge is 0.403 e. The maximum Gasteiger partial charge on any atom is 0.403 e. The van der Waals surface area contributed by atoms with Gasteiger partial charge in [0, 0.05) is 6.07 Å². The fourth-order valence-corrected chi connectivity index (χ4v) is 6.08. The second kappa shape index (κ2) is 14.0. The van der Waals surface area contributed by atoms with Crippen molar-refractivity contribution < 1.29 is 60.0 Å². The van der Waals surface area contributed by atoms with Gasteiger partial charge in [0.25, 0.3) is 5.91 Å². The Morgan fingerprint density at radius 3 is 1.50 bits per heavy atom. The molecule has 1 saturated carbocycles. The summed E-state index contributed by atoms with van der Waals surface area (Å²) in [5.74, 6) is -4.72. The summed E-state index contributed by atoms with van der Waals surface area (Å²) in [6.07, 6.45) is 1.04. The molecule has 0 radical (unpaired) electrons. The van der Waals surface area contributed by atoms with Crippen molar-refractivity contribution in [3.63, 3.8) is 0 Å². The number of benzene rings is 3. The van der Waals surface area contributed by atoms with E-state index in [-0.39, 0.29) is 40.0 Å². The van der Waals surface area contributed by atoms with Crippen LogP contribution in [0, 0.1) is 16.7 Å². The molecule has 15 heteroatoms. The third-order valence-electron chi connectivity index (χ3n) is 8.51. The Morgan fingerprint density at radius 1 is 0.731 bits per heavy atom. The predicted molar refractivity (Wildman–Crippen MR) is 184 cm³/mol. The second-order valence-electron chi connectivity index (χ2n) is 14.9. The molecule has 0 amide bonds. The summed E-state index contributed by atoms with van der Waals surface area (Å²) in [5, 5.41) is 13.9. The molecule has 3 aromatic rings. The van der Waals surface area contributed by atoms with Crippen LogP contribution in [0.4, 0.5) is 0 Å². The van der Waals surface area contributed by atoms with Crippen LogP contribution in [-0.2, 0) is 33.9 Å². The Kier molecular flexibility index (Phi) is 10.4. The van der Waals surface area contributed by atoms with Crippen molar-refractivity contribution in [3.05, 3.63) is 83.4 Å². The molecule has 3 aromatic carbocycles. The molecule has 1 aliphatic heterocycles. The van der Waals surface area contributed by atoms with Crippen molar-refractivity contribution in [2.75, 3.05) is 6.61 Å². The zero-order valence-corrected chi connectivity index (χ0v) is 30.6. The first-order valence-corrected chi connectivity index (χ1v) is 17.8. The Labute approximate surface area is 301 Å². The SMILES string of the molecule is CC1CCC1(NC1(O)COS(=O)(=O)O1)c1cc(OC(=O)c2ccc(OC(=O)C(C)(C)C)cc2)cc(OC(=O)c2ccc(OC(=O)C(C)(C)C)cc2)c1. The molecule has 3 unspecified atom stereocenters. The van der Waals surface area contributed by atoms with Gasteiger partial charge in [0.05, 0.1) is 27.5 Å². The number of esters is 4. The average molecular weight is 740 g/mol. The van der Waals surface area contributed by atoms with Gasteiger partial charge in [0.15, 0.2) is 0 Å². The number of rotatable bonds is 9. The van der Waals surface area contributed by atoms with Crippen LogP contribution in [0.25, 0.3) is 0 Å². The molecule has 2 aliphatic rings. The first-order chi connectivity index (χ1) is 24.1. The van der Waals surface area contributed by atoms with E-state index in [9.17, 15) is 32.7 Å². The third kappa shape index (κ3) is 8.85. The van der Waals surface area contributed by atoms with Gasteiger partial charge >= 0.3 is 34.3 Å². The fraction of sp³-hybridized carbons (Fsp3) is 0.405. The molecule has 1 saturated heterocycles. The van der Waals surface area contributed by atoms with Gasteiger partial charge in [-0.25, -0.2) is 13.8 Å². The summed E-state index contributed by atoms with van der Waals surface area (Å²) in [5.41, 5.74) is -1.99. The lowest BCUT2D eigenvalue weighted by Gasteiger charge is -2.51. The lowest BCUT2D eigenvalue weighted by atomic mass is 9.63. The number of ether oxygens (including phenoxy) is 4. The third-order valence-corrected chi connectivity index (χ3v) is 9.40. The minimum atomic E-state index is -4.46. The van der Waals surface area contributed by atoms with Gasteiger partial charge in [-0.15, -0.1) is 0 Å². The van der Waals surface area contributed by atoms with Gasteiger partial charge in [-0.05, 0) is 127 Å². The zero-order valence-electron chi connectivity index (χ0n) is 29.8. The summed E-state index contributed by atoms with van der Waals surface area (Å²) in [6, 6.07) is 15.8. The molecular weight excluding hydrogens is 698 g/mol. The summed E-state index contributed by atoms with van der Waals surface area (Å²) < 4.78 is 55.4. The maximum atomic E-state index is 13.3. The molecule has 2 fully saturated rings. The van der Waals surface area contributed by atoms with Gasteiger partial charge in [-0.2, -0.15) is 12.6 Å². The molecule has 1 heterocycles. The van der Waals surface area contributed by atoms with Crippen LogP contribution in [0.2, 0.25) is 0 Å². The minimum Gasteiger partial charge on any atom is -0.426 e. The van der Waals surface area contributed by atoms with Crippen LogP contribution in [0.5, 0.6) is 23.0 Å². The molecule has 5 rings (SSSR count). The van der Waals surface area contributed by atoms with E-state index < -0.39 is 63.2 Å². The fourth-order valence-electron chi connectivity index (χ4n) is 5.30. The highest BCUT2D eigenvalue weighted by molar-refractivity contribution is 7.82. The highest BCUT2D eigenvalue weighted by atomic mass is 32.3. The van der Waals surface area contributed by atoms with Crippen molar-refractivity contribution in [1.82, 2.24) is 5.32 Å². The van der Waals surface area contributed by atoms with Crippen LogP contribution < -0.4 is 24.3 Å². The van der Waals surface area contributed by atoms with Crippen LogP contribution in [-0.4, -0.2) is 49.9 Å². The normalized spacial score (nSPS) is 22.5. The van der Waals surface area contributed by atoms with E-state index >= 15 is 0 Å². The molecule has 0 spiro atoms. The van der Waals surface area contributed by atoms with E-state index in [1.54, 1.807) is 41.5 Å². The van der Waals surface area contributed by atoms with Gasteiger partial charge in [-0.3, -0.25) is 14.9 Å². The van der Waals surface area contributed by atoms with Gasteiger partial charge in [-0.1, -0.05) is 6.92 Å². The Hall–Kier alpha value is -4.67. The van der Waals surface area contributed by atoms with Gasteiger partial charge in [0.2, 0.25) is 0 Å².